The zero-order valence-electron chi connectivity index (χ0n) is 18.6. The van der Waals surface area contributed by atoms with Gasteiger partial charge in [0, 0.05) is 24.0 Å². The second-order valence-electron chi connectivity index (χ2n) is 8.56. The van der Waals surface area contributed by atoms with Gasteiger partial charge in [0.2, 0.25) is 0 Å². The fourth-order valence-electron chi connectivity index (χ4n) is 3.83. The smallest absolute Gasteiger partial charge is 0.344 e. The molecule has 178 valence electrons. The van der Waals surface area contributed by atoms with Gasteiger partial charge in [0.25, 0.3) is 0 Å². The molecule has 3 rings (SSSR count). The summed E-state index contributed by atoms with van der Waals surface area (Å²) in [6.07, 6.45) is -0.453. The first-order chi connectivity index (χ1) is 15.5. The van der Waals surface area contributed by atoms with Gasteiger partial charge in [0.15, 0.2) is 0 Å². The van der Waals surface area contributed by atoms with Gasteiger partial charge in [0.05, 0.1) is 0 Å². The van der Waals surface area contributed by atoms with Gasteiger partial charge in [-0.25, -0.2) is 9.59 Å². The van der Waals surface area contributed by atoms with Crippen molar-refractivity contribution in [2.24, 2.45) is 5.92 Å². The Labute approximate surface area is 201 Å². The quantitative estimate of drug-likeness (QED) is 0.405. The summed E-state index contributed by atoms with van der Waals surface area (Å²) >= 11 is 3.44. The van der Waals surface area contributed by atoms with Crippen LogP contribution in [0.1, 0.15) is 30.5 Å². The first-order valence-electron chi connectivity index (χ1n) is 10.6. The lowest BCUT2D eigenvalue weighted by Gasteiger charge is -2.39. The van der Waals surface area contributed by atoms with Gasteiger partial charge in [0.1, 0.15) is 18.9 Å². The van der Waals surface area contributed by atoms with E-state index in [2.05, 4.69) is 15.9 Å². The summed E-state index contributed by atoms with van der Waals surface area (Å²) in [6, 6.07) is 13.4. The summed E-state index contributed by atoms with van der Waals surface area (Å²) in [4.78, 5) is 48.1. The molecule has 1 heterocycles. The molecule has 0 bridgehead atoms. The number of benzene rings is 2. The molecule has 0 radical (unpaired) electrons. The van der Waals surface area contributed by atoms with E-state index in [0.29, 0.717) is 0 Å². The Hall–Kier alpha value is -2.19. The van der Waals surface area contributed by atoms with Crippen LogP contribution in [0.5, 0.6) is 0 Å². The third-order valence-corrected chi connectivity index (χ3v) is 6.45. The van der Waals surface area contributed by atoms with Crippen LogP contribution in [0.4, 0.5) is 4.79 Å². The number of esters is 1. The Morgan fingerprint density at radius 2 is 1.88 bits per heavy atom. The van der Waals surface area contributed by atoms with E-state index in [0.717, 1.165) is 26.1 Å². The maximum absolute atomic E-state index is 13.5. The summed E-state index contributed by atoms with van der Waals surface area (Å²) in [6.45, 7) is 4.07. The van der Waals surface area contributed by atoms with Crippen LogP contribution in [0, 0.1) is 5.92 Å². The molecule has 8 nitrogen and oxygen atoms in total. The number of hydrogen-bond acceptors (Lipinski definition) is 4. The van der Waals surface area contributed by atoms with E-state index < -0.39 is 31.9 Å². The zero-order chi connectivity index (χ0) is 24.2. The number of amides is 2. The van der Waals surface area contributed by atoms with E-state index in [1.54, 1.807) is 0 Å². The minimum Gasteiger partial charge on any atom is -0.459 e. The number of urea groups is 1. The molecule has 1 aliphatic rings. The molecule has 0 aliphatic carbocycles. The van der Waals surface area contributed by atoms with Crippen LogP contribution in [-0.4, -0.2) is 50.5 Å². The topological polar surface area (TPSA) is 107 Å². The Bertz CT molecular complexity index is 1040. The highest BCUT2D eigenvalue weighted by atomic mass is 79.9. The van der Waals surface area contributed by atoms with Gasteiger partial charge < -0.3 is 24.3 Å². The highest BCUT2D eigenvalue weighted by Gasteiger charge is 2.39. The van der Waals surface area contributed by atoms with Crippen LogP contribution in [0.25, 0.3) is 0 Å². The predicted molar refractivity (Wildman–Crippen MR) is 127 cm³/mol. The molecule has 33 heavy (non-hydrogen) atoms. The maximum Gasteiger partial charge on any atom is 0.344 e. The summed E-state index contributed by atoms with van der Waals surface area (Å²) in [5, 5.41) is 0. The van der Waals surface area contributed by atoms with Crippen LogP contribution < -0.4 is 0 Å². The number of fused-ring (bicyclic) bond motifs is 1. The van der Waals surface area contributed by atoms with Gasteiger partial charge in [-0.3, -0.25) is 4.57 Å². The van der Waals surface area contributed by atoms with E-state index in [-0.39, 0.29) is 32.0 Å². The SMILES string of the molecule is CC(C)CN(CP(=O)(O)O)C(=O)N1Cc2cc(Br)ccc2CC1C(=O)OCc1ccccc1. The van der Waals surface area contributed by atoms with Crippen molar-refractivity contribution in [3.05, 3.63) is 69.7 Å². The van der Waals surface area contributed by atoms with E-state index in [9.17, 15) is 23.9 Å². The Kier molecular flexibility index (Phi) is 8.34. The van der Waals surface area contributed by atoms with Gasteiger partial charge in [-0.2, -0.15) is 0 Å². The van der Waals surface area contributed by atoms with Crippen LogP contribution in [-0.2, 0) is 33.7 Å². The first kappa shape index (κ1) is 25.4. The Balaban J connectivity index is 1.88. The van der Waals surface area contributed by atoms with E-state index >= 15 is 0 Å². The van der Waals surface area contributed by atoms with Gasteiger partial charge in [-0.05, 0) is 34.7 Å². The average molecular weight is 539 g/mol. The highest BCUT2D eigenvalue weighted by Crippen LogP contribution is 2.36. The molecule has 0 fully saturated rings. The lowest BCUT2D eigenvalue weighted by Crippen LogP contribution is -2.54. The molecule has 2 aromatic carbocycles. The van der Waals surface area contributed by atoms with Crippen molar-refractivity contribution in [1.29, 1.82) is 0 Å². The Morgan fingerprint density at radius 3 is 2.52 bits per heavy atom. The van der Waals surface area contributed by atoms with Gasteiger partial charge in [-0.1, -0.05) is 66.2 Å². The van der Waals surface area contributed by atoms with Crippen LogP contribution in [0.3, 0.4) is 0 Å². The van der Waals surface area contributed by atoms with Crippen molar-refractivity contribution in [3.63, 3.8) is 0 Å². The van der Waals surface area contributed by atoms with E-state index in [1.807, 2.05) is 62.4 Å². The van der Waals surface area contributed by atoms with Gasteiger partial charge in [-0.15, -0.1) is 0 Å². The monoisotopic (exact) mass is 538 g/mol. The summed E-state index contributed by atoms with van der Waals surface area (Å²) in [5.74, 6) is -0.573. The van der Waals surface area contributed by atoms with Crippen LogP contribution >= 0.6 is 23.5 Å². The molecule has 10 heteroatoms. The minimum atomic E-state index is -4.50. The molecular formula is C23H28BrN2O6P. The summed E-state index contributed by atoms with van der Waals surface area (Å²) in [7, 11) is -4.50. The average Bonchev–Trinajstić information content (AvgIpc) is 2.75. The van der Waals surface area contributed by atoms with Crippen molar-refractivity contribution >= 4 is 35.5 Å². The highest BCUT2D eigenvalue weighted by molar-refractivity contribution is 9.10. The molecule has 0 spiro atoms. The second-order valence-corrected chi connectivity index (χ2v) is 11.1. The van der Waals surface area contributed by atoms with Gasteiger partial charge >= 0.3 is 19.6 Å². The maximum atomic E-state index is 13.5. The number of rotatable bonds is 7. The molecule has 0 saturated heterocycles. The number of nitrogens with zero attached hydrogens (tertiary/aromatic N) is 2. The third-order valence-electron chi connectivity index (χ3n) is 5.25. The van der Waals surface area contributed by atoms with E-state index in [1.165, 1.54) is 4.90 Å². The molecule has 0 aromatic heterocycles. The normalized spacial score (nSPS) is 15.8. The number of carbonyl (C=O) groups excluding carboxylic acids is 2. The summed E-state index contributed by atoms with van der Waals surface area (Å²) < 4.78 is 18.1. The molecule has 2 N–H and O–H groups in total. The molecule has 2 aromatic rings. The molecule has 1 atom stereocenters. The number of hydrogen-bond donors (Lipinski definition) is 2. The van der Waals surface area contributed by atoms with Crippen molar-refractivity contribution in [3.8, 4) is 0 Å². The summed E-state index contributed by atoms with van der Waals surface area (Å²) in [5.41, 5.74) is 2.62. The zero-order valence-corrected chi connectivity index (χ0v) is 21.0. The number of ether oxygens (including phenoxy) is 1. The second kappa shape index (κ2) is 10.8. The fourth-order valence-corrected chi connectivity index (χ4v) is 4.92. The number of carbonyl (C=O) groups is 2. The molecule has 2 amide bonds. The predicted octanol–water partition coefficient (Wildman–Crippen LogP) is 4.13. The van der Waals surface area contributed by atoms with Crippen LogP contribution in [0.2, 0.25) is 0 Å². The van der Waals surface area contributed by atoms with Crippen molar-refractivity contribution in [1.82, 2.24) is 9.80 Å². The first-order valence-corrected chi connectivity index (χ1v) is 13.2. The molecule has 1 unspecified atom stereocenters. The van der Waals surface area contributed by atoms with E-state index in [4.69, 9.17) is 4.74 Å². The van der Waals surface area contributed by atoms with Crippen molar-refractivity contribution in [2.75, 3.05) is 12.8 Å². The van der Waals surface area contributed by atoms with Crippen molar-refractivity contribution < 1.29 is 28.7 Å². The third kappa shape index (κ3) is 7.14. The fraction of sp³-hybridized carbons (Fsp3) is 0.391. The molecular weight excluding hydrogens is 511 g/mol. The Morgan fingerprint density at radius 1 is 1.18 bits per heavy atom. The van der Waals surface area contributed by atoms with Crippen LogP contribution in [0.15, 0.2) is 53.0 Å². The lowest BCUT2D eigenvalue weighted by molar-refractivity contribution is -0.151. The minimum absolute atomic E-state index is 0.0183. The molecule has 0 saturated carbocycles. The standard InChI is InChI=1S/C23H28BrN2O6P/c1-16(2)12-25(15-33(29,30)31)23(28)26-13-19-10-20(24)9-8-18(19)11-21(26)22(27)32-14-17-6-4-3-5-7-17/h3-10,16,21H,11-15H2,1-2H3,(H2,29,30,31). The largest absolute Gasteiger partial charge is 0.459 e. The molecule has 1 aliphatic heterocycles. The van der Waals surface area contributed by atoms with Crippen molar-refractivity contribution in [2.45, 2.75) is 39.5 Å². The number of halogens is 1. The lowest BCUT2D eigenvalue weighted by atomic mass is 9.94.